The summed E-state index contributed by atoms with van der Waals surface area (Å²) in [4.78, 5) is 57.8. The third kappa shape index (κ3) is 12.6. The number of amides is 4. The van der Waals surface area contributed by atoms with E-state index in [-0.39, 0.29) is 30.6 Å². The average molecular weight is 897 g/mol. The van der Waals surface area contributed by atoms with Crippen molar-refractivity contribution in [3.05, 3.63) is 143 Å². The van der Waals surface area contributed by atoms with Crippen molar-refractivity contribution in [3.63, 3.8) is 0 Å². The van der Waals surface area contributed by atoms with Crippen molar-refractivity contribution in [2.24, 2.45) is 5.92 Å². The number of carbonyl (C=O) groups is 4. The molecule has 0 bridgehead atoms. The molecule has 2 aliphatic heterocycles. The molecule has 16 heteroatoms. The van der Waals surface area contributed by atoms with Gasteiger partial charge < -0.3 is 20.1 Å². The molecule has 2 saturated heterocycles. The summed E-state index contributed by atoms with van der Waals surface area (Å²) in [5.74, 6) is 0.0171. The molecule has 2 aromatic heterocycles. The summed E-state index contributed by atoms with van der Waals surface area (Å²) >= 11 is 0. The van der Waals surface area contributed by atoms with Crippen LogP contribution in [0, 0.1) is 19.8 Å². The number of benzene rings is 4. The van der Waals surface area contributed by atoms with Crippen LogP contribution in [0.25, 0.3) is 21.8 Å². The zero-order valence-corrected chi connectivity index (χ0v) is 37.1. The van der Waals surface area contributed by atoms with E-state index in [1.165, 1.54) is 0 Å². The van der Waals surface area contributed by atoms with E-state index in [2.05, 4.69) is 26.0 Å². The highest BCUT2D eigenvalue weighted by atomic mass is 16.5. The molecule has 4 aromatic carbocycles. The number of piperidine rings is 2. The number of fused-ring (bicyclic) bond motifs is 2. The van der Waals surface area contributed by atoms with Gasteiger partial charge in [-0.05, 0) is 125 Å². The number of hydrogen-bond donors (Lipinski definition) is 7. The van der Waals surface area contributed by atoms with Crippen LogP contribution in [0.15, 0.2) is 109 Å². The molecule has 6 aromatic rings. The summed E-state index contributed by atoms with van der Waals surface area (Å²) < 4.78 is 12.0. The van der Waals surface area contributed by atoms with Crippen molar-refractivity contribution in [3.8, 4) is 11.5 Å². The van der Waals surface area contributed by atoms with Gasteiger partial charge in [-0.3, -0.25) is 45.0 Å². The Labute approximate surface area is 383 Å². The summed E-state index contributed by atoms with van der Waals surface area (Å²) in [6, 6.07) is 34.0. The van der Waals surface area contributed by atoms with E-state index in [1.54, 1.807) is 59.5 Å². The largest absolute Gasteiger partial charge is 0.489 e. The number of hydrazine groups is 1. The number of carbonyl (C=O) groups excluding carboxylic acids is 4. The lowest BCUT2D eigenvalue weighted by molar-refractivity contribution is -0.131. The van der Waals surface area contributed by atoms with Gasteiger partial charge in [0.25, 0.3) is 11.8 Å². The minimum absolute atomic E-state index is 0.00272. The fourth-order valence-corrected chi connectivity index (χ4v) is 8.53. The van der Waals surface area contributed by atoms with Crippen LogP contribution in [0.1, 0.15) is 81.8 Å². The summed E-state index contributed by atoms with van der Waals surface area (Å²) in [5, 5.41) is 27.8. The fourth-order valence-electron chi connectivity index (χ4n) is 8.53. The van der Waals surface area contributed by atoms with Crippen molar-refractivity contribution in [1.29, 1.82) is 0 Å². The number of aryl methyl sites for hydroxylation is 2. The summed E-state index contributed by atoms with van der Waals surface area (Å²) in [6.07, 6.45) is 3.48. The Kier molecular flexibility index (Phi) is 15.9. The molecule has 1 unspecified atom stereocenters. The molecular formula is C50H56N8O8. The second-order valence-corrected chi connectivity index (χ2v) is 16.9. The van der Waals surface area contributed by atoms with Crippen LogP contribution < -0.4 is 36.5 Å². The Morgan fingerprint density at radius 1 is 0.727 bits per heavy atom. The van der Waals surface area contributed by atoms with Crippen molar-refractivity contribution >= 4 is 45.4 Å². The number of hydrogen-bond acceptors (Lipinski definition) is 12. The van der Waals surface area contributed by atoms with E-state index in [0.717, 1.165) is 76.7 Å². The zero-order valence-electron chi connectivity index (χ0n) is 37.1. The van der Waals surface area contributed by atoms with E-state index in [9.17, 15) is 19.2 Å². The van der Waals surface area contributed by atoms with Gasteiger partial charge in [0.2, 0.25) is 11.8 Å². The van der Waals surface area contributed by atoms with Crippen LogP contribution in [0.3, 0.4) is 0 Å². The highest BCUT2D eigenvalue weighted by molar-refractivity contribution is 5.95. The van der Waals surface area contributed by atoms with Crippen molar-refractivity contribution in [2.45, 2.75) is 71.1 Å². The standard InChI is InChI=1S/2C25H28N4O4/c1-17-13-20(22-6-2-3-7-23(22)26-17)16-33-21-10-8-19(9-11-21)25(31)27-29-12-4-5-18(15-29)14-24(30)28-32;1-17-13-19(21-5-2-3-6-22(21)27-17)15-33-20-9-7-18(8-10-20)24(31)28-25(14-23(30)29-32)11-4-12-26-16-25/h2-3,6-11,13,18,32H,4-5,12,14-16H2,1H3,(H,27,31)(H,28,30);2-3,5-10,13,26,32H,4,11-12,14-16H2,1H3,(H,28,31)(H,29,30)/t18-;/m1./s1. The molecule has 8 rings (SSSR count). The van der Waals surface area contributed by atoms with E-state index >= 15 is 0 Å². The normalized spacial score (nSPS) is 17.2. The first-order valence-corrected chi connectivity index (χ1v) is 22.1. The summed E-state index contributed by atoms with van der Waals surface area (Å²) in [5.41, 5.74) is 12.4. The lowest BCUT2D eigenvalue weighted by atomic mass is 9.86. The molecule has 2 atom stereocenters. The van der Waals surface area contributed by atoms with E-state index in [1.807, 2.05) is 79.5 Å². The maximum atomic E-state index is 12.9. The molecule has 16 nitrogen and oxygen atoms in total. The Morgan fingerprint density at radius 2 is 1.27 bits per heavy atom. The molecule has 344 valence electrons. The maximum absolute atomic E-state index is 12.9. The molecule has 2 fully saturated rings. The van der Waals surface area contributed by atoms with Gasteiger partial charge in [0.1, 0.15) is 24.7 Å². The van der Waals surface area contributed by atoms with Gasteiger partial charge in [-0.15, -0.1) is 0 Å². The van der Waals surface area contributed by atoms with Crippen LogP contribution in [0.5, 0.6) is 11.5 Å². The number of ether oxygens (including phenoxy) is 2. The second kappa shape index (κ2) is 22.3. The first-order valence-electron chi connectivity index (χ1n) is 22.1. The van der Waals surface area contributed by atoms with E-state index in [0.29, 0.717) is 55.4 Å². The number of aromatic nitrogens is 2. The number of pyridine rings is 2. The first kappa shape index (κ1) is 47.0. The van der Waals surface area contributed by atoms with E-state index < -0.39 is 17.4 Å². The smallest absolute Gasteiger partial charge is 0.265 e. The molecule has 0 aliphatic carbocycles. The van der Waals surface area contributed by atoms with Crippen molar-refractivity contribution in [1.82, 2.24) is 42.0 Å². The number of hydroxylamine groups is 2. The first-order chi connectivity index (χ1) is 32.0. The van der Waals surface area contributed by atoms with Crippen LogP contribution in [-0.4, -0.2) is 80.7 Å². The van der Waals surface area contributed by atoms with Crippen LogP contribution in [0.4, 0.5) is 0 Å². The third-order valence-electron chi connectivity index (χ3n) is 11.7. The van der Waals surface area contributed by atoms with Crippen LogP contribution >= 0.6 is 0 Å². The van der Waals surface area contributed by atoms with Gasteiger partial charge in [0.05, 0.1) is 23.0 Å². The van der Waals surface area contributed by atoms with Crippen LogP contribution in [0.2, 0.25) is 0 Å². The Morgan fingerprint density at radius 3 is 1.80 bits per heavy atom. The third-order valence-corrected chi connectivity index (χ3v) is 11.7. The number of rotatable bonds is 14. The Balaban J connectivity index is 0.000000196. The molecule has 4 amide bonds. The topological polar surface area (TPSA) is 216 Å². The zero-order chi connectivity index (χ0) is 46.5. The minimum atomic E-state index is -0.739. The van der Waals surface area contributed by atoms with Gasteiger partial charge in [0.15, 0.2) is 0 Å². The molecule has 0 saturated carbocycles. The maximum Gasteiger partial charge on any atom is 0.265 e. The van der Waals surface area contributed by atoms with Gasteiger partial charge >= 0.3 is 0 Å². The lowest BCUT2D eigenvalue weighted by Crippen LogP contribution is -2.59. The SMILES string of the molecule is Cc1cc(COc2ccc(C(=O)NC3(CC(=O)NO)CCCNC3)cc2)c2ccccc2n1.Cc1cc(COc2ccc(C(=O)NN3CCC[C@H](CC(=O)NO)C3)cc2)c2ccccc2n1. The molecule has 7 N–H and O–H groups in total. The number of nitrogens with one attached hydrogen (secondary N) is 5. The second-order valence-electron chi connectivity index (χ2n) is 16.9. The highest BCUT2D eigenvalue weighted by Gasteiger charge is 2.36. The van der Waals surface area contributed by atoms with Crippen molar-refractivity contribution < 1.29 is 39.1 Å². The highest BCUT2D eigenvalue weighted by Crippen LogP contribution is 2.25. The molecule has 2 aliphatic rings. The molecule has 0 radical (unpaired) electrons. The van der Waals surface area contributed by atoms with Crippen molar-refractivity contribution in [2.75, 3.05) is 26.2 Å². The van der Waals surface area contributed by atoms with Gasteiger partial charge in [-0.1, -0.05) is 36.4 Å². The predicted molar refractivity (Wildman–Crippen MR) is 248 cm³/mol. The van der Waals surface area contributed by atoms with Gasteiger partial charge in [-0.25, -0.2) is 16.0 Å². The molecule has 0 spiro atoms. The van der Waals surface area contributed by atoms with Crippen LogP contribution in [-0.2, 0) is 22.8 Å². The monoisotopic (exact) mass is 896 g/mol. The average Bonchev–Trinajstić information content (AvgIpc) is 3.33. The minimum Gasteiger partial charge on any atom is -0.489 e. The predicted octanol–water partition coefficient (Wildman–Crippen LogP) is 6.24. The van der Waals surface area contributed by atoms with E-state index in [4.69, 9.17) is 19.9 Å². The van der Waals surface area contributed by atoms with Gasteiger partial charge in [0, 0.05) is 70.5 Å². The Bertz CT molecular complexity index is 2640. The Hall–Kier alpha value is -6.98. The molecule has 4 heterocycles. The number of nitrogens with zero attached hydrogens (tertiary/aromatic N) is 3. The summed E-state index contributed by atoms with van der Waals surface area (Å²) in [6.45, 7) is 7.32. The summed E-state index contributed by atoms with van der Waals surface area (Å²) in [7, 11) is 0. The molecule has 66 heavy (non-hydrogen) atoms. The number of para-hydroxylation sites is 2. The lowest BCUT2D eigenvalue weighted by Gasteiger charge is -2.37. The van der Waals surface area contributed by atoms with Gasteiger partial charge in [-0.2, -0.15) is 0 Å². The fraction of sp³-hybridized carbons (Fsp3) is 0.320. The quantitative estimate of drug-likeness (QED) is 0.0478. The molecular weight excluding hydrogens is 841 g/mol.